The van der Waals surface area contributed by atoms with Crippen molar-refractivity contribution < 1.29 is 18.0 Å². The van der Waals surface area contributed by atoms with Crippen molar-refractivity contribution in [1.82, 2.24) is 9.88 Å². The van der Waals surface area contributed by atoms with Crippen LogP contribution in [0.3, 0.4) is 0 Å². The van der Waals surface area contributed by atoms with E-state index < -0.39 is 11.7 Å². The van der Waals surface area contributed by atoms with Gasteiger partial charge in [0.1, 0.15) is 5.82 Å². The summed E-state index contributed by atoms with van der Waals surface area (Å²) in [5.74, 6) is 0.256. The minimum Gasteiger partial charge on any atom is -0.353 e. The number of halogens is 4. The highest BCUT2D eigenvalue weighted by Gasteiger charge is 2.35. The zero-order valence-corrected chi connectivity index (χ0v) is 19.5. The van der Waals surface area contributed by atoms with Crippen LogP contribution in [0.15, 0.2) is 29.4 Å². The standard InChI is InChI=1S/C24H25ClF3N5O/c1-14-9-15(10-19-20(14)21-17(23(34)31-19)3-2-4-29-21)13-32-5-7-33(8-6-32)22-18(25)11-16(12-30-22)24(26,27)28/h9-12,17H,2-8,13H2,1H3,(H,31,34). The fourth-order valence-corrected chi connectivity index (χ4v) is 5.34. The van der Waals surface area contributed by atoms with Crippen molar-refractivity contribution in [2.75, 3.05) is 42.9 Å². The van der Waals surface area contributed by atoms with Gasteiger partial charge in [-0.25, -0.2) is 4.98 Å². The fourth-order valence-electron chi connectivity index (χ4n) is 5.06. The highest BCUT2D eigenvalue weighted by molar-refractivity contribution is 6.33. The molecule has 10 heteroatoms. The van der Waals surface area contributed by atoms with Crippen LogP contribution in [0.4, 0.5) is 24.7 Å². The van der Waals surface area contributed by atoms with Crippen LogP contribution in [0.2, 0.25) is 5.02 Å². The molecular weight excluding hydrogens is 467 g/mol. The number of aryl methyl sites for hydroxylation is 1. The molecule has 5 rings (SSSR count). The molecule has 4 heterocycles. The largest absolute Gasteiger partial charge is 0.417 e. The first-order valence-corrected chi connectivity index (χ1v) is 11.8. The van der Waals surface area contributed by atoms with Crippen LogP contribution in [0, 0.1) is 12.8 Å². The van der Waals surface area contributed by atoms with E-state index in [-0.39, 0.29) is 16.8 Å². The first-order valence-electron chi connectivity index (χ1n) is 11.4. The molecule has 1 aromatic carbocycles. The number of nitrogens with one attached hydrogen (secondary N) is 1. The maximum Gasteiger partial charge on any atom is 0.417 e. The molecule has 1 N–H and O–H groups in total. The lowest BCUT2D eigenvalue weighted by molar-refractivity contribution is -0.137. The van der Waals surface area contributed by atoms with Crippen LogP contribution in [-0.4, -0.2) is 54.2 Å². The van der Waals surface area contributed by atoms with Gasteiger partial charge in [0.05, 0.1) is 27.9 Å². The number of amides is 1. The van der Waals surface area contributed by atoms with E-state index in [4.69, 9.17) is 11.6 Å². The van der Waals surface area contributed by atoms with E-state index in [0.717, 1.165) is 72.8 Å². The molecule has 0 saturated carbocycles. The van der Waals surface area contributed by atoms with Crippen LogP contribution in [-0.2, 0) is 17.5 Å². The van der Waals surface area contributed by atoms with Crippen molar-refractivity contribution in [3.63, 3.8) is 0 Å². The Bertz CT molecular complexity index is 1160. The molecule has 1 atom stereocenters. The topological polar surface area (TPSA) is 60.8 Å². The van der Waals surface area contributed by atoms with E-state index in [1.807, 2.05) is 11.0 Å². The fraction of sp³-hybridized carbons (Fsp3) is 0.458. The number of alkyl halides is 3. The molecule has 1 aromatic heterocycles. The SMILES string of the molecule is Cc1cc(CN2CCN(c3ncc(C(F)(F)F)cc3Cl)CC2)cc2c1C1=NCCCC1C(=O)N2. The van der Waals surface area contributed by atoms with E-state index in [1.54, 1.807) is 0 Å². The Balaban J connectivity index is 1.27. The summed E-state index contributed by atoms with van der Waals surface area (Å²) in [6.45, 7) is 6.19. The van der Waals surface area contributed by atoms with Gasteiger partial charge in [0, 0.05) is 51.0 Å². The molecule has 1 amide bonds. The van der Waals surface area contributed by atoms with E-state index in [9.17, 15) is 18.0 Å². The van der Waals surface area contributed by atoms with Crippen molar-refractivity contribution in [3.05, 3.63) is 51.7 Å². The molecule has 1 saturated heterocycles. The first-order chi connectivity index (χ1) is 16.2. The van der Waals surface area contributed by atoms with Gasteiger partial charge in [0.15, 0.2) is 0 Å². The van der Waals surface area contributed by atoms with Crippen molar-refractivity contribution in [3.8, 4) is 0 Å². The number of benzene rings is 1. The number of aliphatic imine (C=N–C) groups is 1. The van der Waals surface area contributed by atoms with Crippen LogP contribution in [0.5, 0.6) is 0 Å². The number of anilines is 2. The quantitative estimate of drug-likeness (QED) is 0.685. The average molecular weight is 492 g/mol. The Morgan fingerprint density at radius 3 is 2.65 bits per heavy atom. The van der Waals surface area contributed by atoms with Gasteiger partial charge in [0.2, 0.25) is 5.91 Å². The van der Waals surface area contributed by atoms with Crippen LogP contribution >= 0.6 is 11.6 Å². The summed E-state index contributed by atoms with van der Waals surface area (Å²) in [7, 11) is 0. The molecule has 3 aliphatic rings. The lowest BCUT2D eigenvalue weighted by atomic mass is 9.83. The zero-order chi connectivity index (χ0) is 24.0. The van der Waals surface area contributed by atoms with Gasteiger partial charge in [-0.3, -0.25) is 14.7 Å². The van der Waals surface area contributed by atoms with E-state index >= 15 is 0 Å². The number of rotatable bonds is 3. The third kappa shape index (κ3) is 4.38. The summed E-state index contributed by atoms with van der Waals surface area (Å²) in [4.78, 5) is 25.4. The summed E-state index contributed by atoms with van der Waals surface area (Å²) >= 11 is 6.12. The summed E-state index contributed by atoms with van der Waals surface area (Å²) in [6.07, 6.45) is -1.86. The van der Waals surface area contributed by atoms with Crippen LogP contribution in [0.1, 0.15) is 35.1 Å². The van der Waals surface area contributed by atoms with E-state index in [0.29, 0.717) is 25.5 Å². The Morgan fingerprint density at radius 2 is 1.94 bits per heavy atom. The van der Waals surface area contributed by atoms with Gasteiger partial charge in [-0.2, -0.15) is 13.2 Å². The number of aromatic nitrogens is 1. The third-order valence-corrected chi connectivity index (χ3v) is 6.99. The number of carbonyl (C=O) groups excluding carboxylic acids is 1. The van der Waals surface area contributed by atoms with Crippen molar-refractivity contribution >= 4 is 34.7 Å². The second-order valence-corrected chi connectivity index (χ2v) is 9.48. The third-order valence-electron chi connectivity index (χ3n) is 6.72. The molecular formula is C24H25ClF3N5O. The molecule has 180 valence electrons. The molecule has 0 radical (unpaired) electrons. The first kappa shape index (κ1) is 23.1. The lowest BCUT2D eigenvalue weighted by Gasteiger charge is -2.36. The number of piperazine rings is 1. The van der Waals surface area contributed by atoms with Crippen molar-refractivity contribution in [2.24, 2.45) is 10.9 Å². The number of pyridine rings is 1. The second kappa shape index (κ2) is 8.85. The normalized spacial score (nSPS) is 21.0. The predicted octanol–water partition coefficient (Wildman–Crippen LogP) is 4.54. The van der Waals surface area contributed by atoms with Gasteiger partial charge in [-0.1, -0.05) is 17.7 Å². The molecule has 0 spiro atoms. The Morgan fingerprint density at radius 1 is 1.18 bits per heavy atom. The van der Waals surface area contributed by atoms with E-state index in [2.05, 4.69) is 33.2 Å². The van der Waals surface area contributed by atoms with Crippen molar-refractivity contribution in [2.45, 2.75) is 32.5 Å². The van der Waals surface area contributed by atoms with Gasteiger partial charge in [0.25, 0.3) is 0 Å². The summed E-state index contributed by atoms with van der Waals surface area (Å²) in [5.41, 5.74) is 4.17. The monoisotopic (exact) mass is 491 g/mol. The van der Waals surface area contributed by atoms with Crippen molar-refractivity contribution in [1.29, 1.82) is 0 Å². The Labute approximate surface area is 200 Å². The van der Waals surface area contributed by atoms with Gasteiger partial charge >= 0.3 is 6.18 Å². The number of carbonyl (C=O) groups is 1. The van der Waals surface area contributed by atoms with Gasteiger partial charge < -0.3 is 10.2 Å². The second-order valence-electron chi connectivity index (χ2n) is 9.08. The molecule has 0 aliphatic carbocycles. The Hall–Kier alpha value is -2.65. The number of hydrogen-bond donors (Lipinski definition) is 1. The highest BCUT2D eigenvalue weighted by atomic mass is 35.5. The Kier molecular flexibility index (Phi) is 6.02. The smallest absolute Gasteiger partial charge is 0.353 e. The predicted molar refractivity (Wildman–Crippen MR) is 126 cm³/mol. The molecule has 0 bridgehead atoms. The van der Waals surface area contributed by atoms with Crippen LogP contribution in [0.25, 0.3) is 0 Å². The molecule has 1 fully saturated rings. The minimum absolute atomic E-state index is 0.00765. The zero-order valence-electron chi connectivity index (χ0n) is 18.8. The maximum atomic E-state index is 12.9. The van der Waals surface area contributed by atoms with E-state index in [1.165, 1.54) is 0 Å². The van der Waals surface area contributed by atoms with Gasteiger partial charge in [-0.15, -0.1) is 0 Å². The molecule has 6 nitrogen and oxygen atoms in total. The number of hydrogen-bond acceptors (Lipinski definition) is 5. The average Bonchev–Trinajstić information content (AvgIpc) is 2.79. The summed E-state index contributed by atoms with van der Waals surface area (Å²) < 4.78 is 38.7. The van der Waals surface area contributed by atoms with Crippen LogP contribution < -0.4 is 10.2 Å². The summed E-state index contributed by atoms with van der Waals surface area (Å²) in [6, 6.07) is 5.13. The molecule has 2 aromatic rings. The molecule has 1 unspecified atom stereocenters. The highest BCUT2D eigenvalue weighted by Crippen LogP contribution is 2.35. The number of nitrogens with zero attached hydrogens (tertiary/aromatic N) is 4. The lowest BCUT2D eigenvalue weighted by Crippen LogP contribution is -2.46. The van der Waals surface area contributed by atoms with Gasteiger partial charge in [-0.05, 0) is 43.0 Å². The maximum absolute atomic E-state index is 12.9. The molecule has 34 heavy (non-hydrogen) atoms. The molecule has 3 aliphatic heterocycles. The minimum atomic E-state index is -4.47. The summed E-state index contributed by atoms with van der Waals surface area (Å²) in [5, 5.41) is 3.09. The number of fused-ring (bicyclic) bond motifs is 3.